The van der Waals surface area contributed by atoms with E-state index in [1.807, 2.05) is 13.8 Å². The molecule has 0 bridgehead atoms. The van der Waals surface area contributed by atoms with Gasteiger partial charge < -0.3 is 10.6 Å². The smallest absolute Gasteiger partial charge is 0.237 e. The molecular formula is C16H28N4O2. The lowest BCUT2D eigenvalue weighted by molar-refractivity contribution is -0.136. The Labute approximate surface area is 133 Å². The number of rotatable bonds is 7. The van der Waals surface area contributed by atoms with Crippen LogP contribution in [0.3, 0.4) is 0 Å². The largest absolute Gasteiger partial charge is 0.369 e. The van der Waals surface area contributed by atoms with E-state index in [1.165, 1.54) is 0 Å². The molecule has 0 atom stereocenters. The van der Waals surface area contributed by atoms with Crippen molar-refractivity contribution in [2.45, 2.75) is 51.5 Å². The van der Waals surface area contributed by atoms with Crippen molar-refractivity contribution in [1.82, 2.24) is 9.80 Å². The molecule has 0 aromatic heterocycles. The summed E-state index contributed by atoms with van der Waals surface area (Å²) in [5, 5.41) is 9.55. The first-order chi connectivity index (χ1) is 10.3. The van der Waals surface area contributed by atoms with Crippen LogP contribution < -0.4 is 5.73 Å². The summed E-state index contributed by atoms with van der Waals surface area (Å²) >= 11 is 0. The van der Waals surface area contributed by atoms with Gasteiger partial charge in [-0.3, -0.25) is 14.5 Å². The fourth-order valence-electron chi connectivity index (χ4n) is 3.12. The van der Waals surface area contributed by atoms with E-state index in [0.717, 1.165) is 32.1 Å². The van der Waals surface area contributed by atoms with E-state index in [-0.39, 0.29) is 19.0 Å². The predicted octanol–water partition coefficient (Wildman–Crippen LogP) is 1.11. The third-order valence-corrected chi connectivity index (χ3v) is 4.27. The highest BCUT2D eigenvalue weighted by atomic mass is 16.2. The molecular weight excluding hydrogens is 280 g/mol. The minimum Gasteiger partial charge on any atom is -0.369 e. The Bertz CT molecular complexity index is 436. The molecule has 0 aromatic rings. The summed E-state index contributed by atoms with van der Waals surface area (Å²) in [5.41, 5.74) is 4.57. The summed E-state index contributed by atoms with van der Waals surface area (Å²) in [6.45, 7) is 4.88. The van der Waals surface area contributed by atoms with Crippen LogP contribution in [0.4, 0.5) is 0 Å². The Morgan fingerprint density at radius 3 is 2.27 bits per heavy atom. The van der Waals surface area contributed by atoms with Gasteiger partial charge in [0.05, 0.1) is 19.2 Å². The van der Waals surface area contributed by atoms with Gasteiger partial charge in [-0.05, 0) is 18.8 Å². The number of nitriles is 1. The molecule has 0 saturated heterocycles. The summed E-state index contributed by atoms with van der Waals surface area (Å²) in [7, 11) is 1.70. The summed E-state index contributed by atoms with van der Waals surface area (Å²) < 4.78 is 0. The Morgan fingerprint density at radius 1 is 1.23 bits per heavy atom. The molecule has 1 aliphatic rings. The van der Waals surface area contributed by atoms with Crippen LogP contribution in [-0.2, 0) is 9.59 Å². The number of likely N-dealkylation sites (N-methyl/N-ethyl adjacent to an activating group) is 1. The monoisotopic (exact) mass is 308 g/mol. The molecule has 1 aliphatic carbocycles. The summed E-state index contributed by atoms with van der Waals surface area (Å²) in [5.74, 6) is -0.230. The number of hydrogen-bond donors (Lipinski definition) is 1. The Kier molecular flexibility index (Phi) is 6.82. The highest BCUT2D eigenvalue weighted by Gasteiger charge is 2.39. The molecule has 0 radical (unpaired) electrons. The molecule has 0 unspecified atom stereocenters. The normalized spacial score (nSPS) is 17.3. The third-order valence-electron chi connectivity index (χ3n) is 4.27. The minimum absolute atomic E-state index is 0.0668. The first-order valence-electron chi connectivity index (χ1n) is 7.99. The molecule has 1 saturated carbocycles. The number of hydrogen-bond acceptors (Lipinski definition) is 4. The molecule has 2 amide bonds. The van der Waals surface area contributed by atoms with Crippen LogP contribution in [0.5, 0.6) is 0 Å². The maximum Gasteiger partial charge on any atom is 0.237 e. The molecule has 0 spiro atoms. The zero-order chi connectivity index (χ0) is 16.8. The zero-order valence-electron chi connectivity index (χ0n) is 14.0. The summed E-state index contributed by atoms with van der Waals surface area (Å²) in [6.07, 6.45) is 4.52. The lowest BCUT2D eigenvalue weighted by Crippen LogP contribution is -2.53. The number of carbonyl (C=O) groups excluding carboxylic acids is 2. The number of primary amides is 1. The number of nitrogens with zero attached hydrogens (tertiary/aromatic N) is 3. The summed E-state index contributed by atoms with van der Waals surface area (Å²) in [6, 6.07) is 2.35. The lowest BCUT2D eigenvalue weighted by atomic mass is 9.81. The van der Waals surface area contributed by atoms with Gasteiger partial charge in [0.25, 0.3) is 0 Å². The van der Waals surface area contributed by atoms with Gasteiger partial charge in [-0.15, -0.1) is 0 Å². The number of nitrogens with two attached hydrogens (primary N) is 1. The van der Waals surface area contributed by atoms with E-state index in [2.05, 4.69) is 6.07 Å². The molecule has 2 N–H and O–H groups in total. The standard InChI is InChI=1S/C16H28N4O2/c1-13(2)9-20(10-14(18)21)11-15(22)19(3)16(12-17)7-5-4-6-8-16/h13H,4-11H2,1-3H3,(H2,18,21). The highest BCUT2D eigenvalue weighted by Crippen LogP contribution is 2.32. The van der Waals surface area contributed by atoms with Crippen LogP contribution in [-0.4, -0.2) is 53.8 Å². The lowest BCUT2D eigenvalue weighted by Gasteiger charge is -2.40. The van der Waals surface area contributed by atoms with Crippen LogP contribution in [0.1, 0.15) is 46.0 Å². The SMILES string of the molecule is CC(C)CN(CC(N)=O)CC(=O)N(C)C1(C#N)CCCCC1. The molecule has 1 fully saturated rings. The van der Waals surface area contributed by atoms with E-state index >= 15 is 0 Å². The Morgan fingerprint density at radius 2 is 1.82 bits per heavy atom. The maximum absolute atomic E-state index is 12.6. The third kappa shape index (κ3) is 4.99. The van der Waals surface area contributed by atoms with Gasteiger partial charge in [-0.2, -0.15) is 5.26 Å². The molecule has 0 aliphatic heterocycles. The first-order valence-corrected chi connectivity index (χ1v) is 7.99. The van der Waals surface area contributed by atoms with Crippen molar-refractivity contribution >= 4 is 11.8 Å². The zero-order valence-corrected chi connectivity index (χ0v) is 14.0. The quantitative estimate of drug-likeness (QED) is 0.763. The van der Waals surface area contributed by atoms with Crippen LogP contribution >= 0.6 is 0 Å². The average molecular weight is 308 g/mol. The van der Waals surface area contributed by atoms with Crippen LogP contribution in [0.2, 0.25) is 0 Å². The number of carbonyl (C=O) groups is 2. The van der Waals surface area contributed by atoms with Gasteiger partial charge in [0.2, 0.25) is 11.8 Å². The van der Waals surface area contributed by atoms with Gasteiger partial charge in [0.15, 0.2) is 0 Å². The van der Waals surface area contributed by atoms with Crippen molar-refractivity contribution in [3.63, 3.8) is 0 Å². The van der Waals surface area contributed by atoms with Gasteiger partial charge in [0.1, 0.15) is 5.54 Å². The van der Waals surface area contributed by atoms with Crippen LogP contribution in [0.15, 0.2) is 0 Å². The van der Waals surface area contributed by atoms with E-state index in [1.54, 1.807) is 16.8 Å². The fourth-order valence-corrected chi connectivity index (χ4v) is 3.12. The van der Waals surface area contributed by atoms with Crippen molar-refractivity contribution in [2.24, 2.45) is 11.7 Å². The van der Waals surface area contributed by atoms with Crippen LogP contribution in [0, 0.1) is 17.2 Å². The molecule has 1 rings (SSSR count). The molecule has 6 nitrogen and oxygen atoms in total. The van der Waals surface area contributed by atoms with Crippen molar-refractivity contribution in [3.05, 3.63) is 0 Å². The van der Waals surface area contributed by atoms with Gasteiger partial charge in [0, 0.05) is 13.6 Å². The second kappa shape index (κ2) is 8.14. The van der Waals surface area contributed by atoms with E-state index < -0.39 is 11.4 Å². The van der Waals surface area contributed by atoms with Crippen molar-refractivity contribution < 1.29 is 9.59 Å². The molecule has 6 heteroatoms. The maximum atomic E-state index is 12.6. The molecule has 22 heavy (non-hydrogen) atoms. The van der Waals surface area contributed by atoms with Gasteiger partial charge >= 0.3 is 0 Å². The van der Waals surface area contributed by atoms with Crippen molar-refractivity contribution in [2.75, 3.05) is 26.7 Å². The minimum atomic E-state index is -0.689. The van der Waals surface area contributed by atoms with Crippen LogP contribution in [0.25, 0.3) is 0 Å². The molecule has 124 valence electrons. The van der Waals surface area contributed by atoms with E-state index in [0.29, 0.717) is 12.5 Å². The van der Waals surface area contributed by atoms with Crippen molar-refractivity contribution in [1.29, 1.82) is 5.26 Å². The highest BCUT2D eigenvalue weighted by molar-refractivity contribution is 5.81. The Balaban J connectivity index is 2.74. The topological polar surface area (TPSA) is 90.4 Å². The summed E-state index contributed by atoms with van der Waals surface area (Å²) in [4.78, 5) is 27.1. The molecule has 0 heterocycles. The second-order valence-electron chi connectivity index (χ2n) is 6.69. The van der Waals surface area contributed by atoms with E-state index in [9.17, 15) is 14.9 Å². The average Bonchev–Trinajstić information content (AvgIpc) is 2.45. The van der Waals surface area contributed by atoms with Gasteiger partial charge in [-0.25, -0.2) is 0 Å². The fraction of sp³-hybridized carbons (Fsp3) is 0.812. The second-order valence-corrected chi connectivity index (χ2v) is 6.69. The van der Waals surface area contributed by atoms with E-state index in [4.69, 9.17) is 5.73 Å². The molecule has 0 aromatic carbocycles. The van der Waals surface area contributed by atoms with Gasteiger partial charge in [-0.1, -0.05) is 33.1 Å². The predicted molar refractivity (Wildman–Crippen MR) is 84.7 cm³/mol. The van der Waals surface area contributed by atoms with Crippen molar-refractivity contribution in [3.8, 4) is 6.07 Å². The number of amides is 2. The Hall–Kier alpha value is -1.61. The first kappa shape index (κ1) is 18.4.